The maximum absolute atomic E-state index is 6.19. The number of anilines is 2. The summed E-state index contributed by atoms with van der Waals surface area (Å²) in [5, 5.41) is 4.21. The number of rotatable bonds is 7. The number of nitrogens with zero attached hydrogens (tertiary/aromatic N) is 3. The Bertz CT molecular complexity index is 1010. The van der Waals surface area contributed by atoms with Crippen LogP contribution in [0.15, 0.2) is 73.7 Å². The second-order valence-electron chi connectivity index (χ2n) is 6.57. The number of para-hydroxylation sites is 1. The minimum absolute atomic E-state index is 0.0678. The van der Waals surface area contributed by atoms with Crippen molar-refractivity contribution >= 4 is 22.4 Å². The average molecular weight is 374 g/mol. The summed E-state index contributed by atoms with van der Waals surface area (Å²) < 4.78 is 11.7. The van der Waals surface area contributed by atoms with E-state index in [4.69, 9.17) is 9.47 Å². The first-order valence-electron chi connectivity index (χ1n) is 9.05. The Hall–Kier alpha value is -3.54. The summed E-state index contributed by atoms with van der Waals surface area (Å²) in [6.07, 6.45) is 3.36. The number of benzene rings is 2. The lowest BCUT2D eigenvalue weighted by molar-refractivity contribution is 0.0454. The van der Waals surface area contributed by atoms with Crippen LogP contribution in [-0.4, -0.2) is 41.2 Å². The van der Waals surface area contributed by atoms with Crippen LogP contribution >= 0.6 is 0 Å². The van der Waals surface area contributed by atoms with Gasteiger partial charge in [-0.2, -0.15) is 0 Å². The summed E-state index contributed by atoms with van der Waals surface area (Å²) in [5.41, 5.74) is 2.65. The van der Waals surface area contributed by atoms with Crippen molar-refractivity contribution in [3.8, 4) is 11.5 Å². The Morgan fingerprint density at radius 1 is 1.18 bits per heavy atom. The van der Waals surface area contributed by atoms with E-state index in [9.17, 15) is 0 Å². The number of fused-ring (bicyclic) bond motifs is 1. The summed E-state index contributed by atoms with van der Waals surface area (Å²) in [4.78, 5) is 10.9. The quantitative estimate of drug-likeness (QED) is 0.627. The molecule has 6 nitrogen and oxygen atoms in total. The number of nitrogens with one attached hydrogen (secondary N) is 1. The topological polar surface area (TPSA) is 59.5 Å². The number of allylic oxidation sites excluding steroid dienone is 1. The van der Waals surface area contributed by atoms with E-state index in [1.807, 2.05) is 42.5 Å². The van der Waals surface area contributed by atoms with E-state index in [1.165, 1.54) is 6.33 Å². The van der Waals surface area contributed by atoms with Crippen LogP contribution in [0.5, 0.6) is 11.5 Å². The molecule has 3 aromatic rings. The lowest BCUT2D eigenvalue weighted by Gasteiger charge is -2.41. The summed E-state index contributed by atoms with van der Waals surface area (Å²) in [6, 6.07) is 13.7. The molecule has 0 bridgehead atoms. The predicted molar refractivity (Wildman–Crippen MR) is 111 cm³/mol. The van der Waals surface area contributed by atoms with Crippen LogP contribution in [0.3, 0.4) is 0 Å². The van der Waals surface area contributed by atoms with E-state index in [2.05, 4.69) is 33.3 Å². The van der Waals surface area contributed by atoms with Crippen molar-refractivity contribution < 1.29 is 9.47 Å². The standard InChI is InChI=1S/C22H22N4O2/c1-4-15(2)26-12-17(13-26)28-21-10-18-19(11-20(21)27-3)23-14-24-22(18)25-16-8-6-5-7-9-16/h4-11,14,17H,1-2,12-13H2,3H3,(H,23,24,25). The van der Waals surface area contributed by atoms with Gasteiger partial charge >= 0.3 is 0 Å². The second-order valence-corrected chi connectivity index (χ2v) is 6.57. The maximum Gasteiger partial charge on any atom is 0.162 e. The third-order valence-electron chi connectivity index (χ3n) is 4.74. The van der Waals surface area contributed by atoms with Gasteiger partial charge in [0.15, 0.2) is 11.5 Å². The third-order valence-corrected chi connectivity index (χ3v) is 4.74. The molecule has 0 amide bonds. The number of aromatic nitrogens is 2. The fraction of sp³-hybridized carbons (Fsp3) is 0.182. The largest absolute Gasteiger partial charge is 0.493 e. The lowest BCUT2D eigenvalue weighted by atomic mass is 10.1. The van der Waals surface area contributed by atoms with E-state index in [0.29, 0.717) is 11.5 Å². The monoisotopic (exact) mass is 374 g/mol. The molecule has 0 spiro atoms. The van der Waals surface area contributed by atoms with Gasteiger partial charge in [-0.05, 0) is 24.3 Å². The molecule has 6 heteroatoms. The van der Waals surface area contributed by atoms with E-state index in [0.717, 1.165) is 41.2 Å². The molecule has 1 aliphatic rings. The number of hydrogen-bond acceptors (Lipinski definition) is 6. The van der Waals surface area contributed by atoms with Crippen molar-refractivity contribution in [2.24, 2.45) is 0 Å². The number of hydrogen-bond donors (Lipinski definition) is 1. The van der Waals surface area contributed by atoms with Gasteiger partial charge in [0.25, 0.3) is 0 Å². The average Bonchev–Trinajstić information content (AvgIpc) is 2.70. The van der Waals surface area contributed by atoms with Crippen LogP contribution in [0, 0.1) is 0 Å². The third kappa shape index (κ3) is 3.49. The fourth-order valence-corrected chi connectivity index (χ4v) is 3.13. The first-order valence-corrected chi connectivity index (χ1v) is 9.05. The Kier molecular flexibility index (Phi) is 4.85. The highest BCUT2D eigenvalue weighted by atomic mass is 16.5. The number of methoxy groups -OCH3 is 1. The maximum atomic E-state index is 6.19. The van der Waals surface area contributed by atoms with Crippen molar-refractivity contribution in [2.75, 3.05) is 25.5 Å². The normalized spacial score (nSPS) is 13.7. The van der Waals surface area contributed by atoms with Crippen molar-refractivity contribution in [3.05, 3.63) is 73.7 Å². The zero-order chi connectivity index (χ0) is 19.5. The molecule has 1 saturated heterocycles. The number of likely N-dealkylation sites (tertiary alicyclic amines) is 1. The zero-order valence-corrected chi connectivity index (χ0v) is 15.8. The van der Waals surface area contributed by atoms with Crippen molar-refractivity contribution in [1.29, 1.82) is 0 Å². The van der Waals surface area contributed by atoms with E-state index >= 15 is 0 Å². The van der Waals surface area contributed by atoms with Gasteiger partial charge in [-0.25, -0.2) is 9.97 Å². The zero-order valence-electron chi connectivity index (χ0n) is 15.8. The van der Waals surface area contributed by atoms with Gasteiger partial charge in [-0.3, -0.25) is 0 Å². The molecule has 28 heavy (non-hydrogen) atoms. The molecule has 0 saturated carbocycles. The Balaban J connectivity index is 1.62. The molecule has 0 atom stereocenters. The summed E-state index contributed by atoms with van der Waals surface area (Å²) >= 11 is 0. The molecule has 1 aromatic heterocycles. The van der Waals surface area contributed by atoms with Crippen LogP contribution in [0.4, 0.5) is 11.5 Å². The molecular weight excluding hydrogens is 352 g/mol. The van der Waals surface area contributed by atoms with Crippen LogP contribution in [0.25, 0.3) is 10.9 Å². The van der Waals surface area contributed by atoms with E-state index in [-0.39, 0.29) is 6.10 Å². The summed E-state index contributed by atoms with van der Waals surface area (Å²) in [6.45, 7) is 9.26. The van der Waals surface area contributed by atoms with Crippen LogP contribution < -0.4 is 14.8 Å². The molecule has 1 aliphatic heterocycles. The molecule has 2 heterocycles. The first kappa shape index (κ1) is 17.9. The van der Waals surface area contributed by atoms with Gasteiger partial charge in [0.05, 0.1) is 25.7 Å². The van der Waals surface area contributed by atoms with Crippen LogP contribution in [0.1, 0.15) is 0 Å². The molecule has 0 unspecified atom stereocenters. The van der Waals surface area contributed by atoms with E-state index < -0.39 is 0 Å². The SMILES string of the molecule is C=CC(=C)N1CC(Oc2cc3c(Nc4ccccc4)ncnc3cc2OC)C1. The Morgan fingerprint density at radius 3 is 2.68 bits per heavy atom. The van der Waals surface area contributed by atoms with E-state index in [1.54, 1.807) is 13.2 Å². The smallest absolute Gasteiger partial charge is 0.162 e. The fourth-order valence-electron chi connectivity index (χ4n) is 3.13. The van der Waals surface area contributed by atoms with Crippen molar-refractivity contribution in [1.82, 2.24) is 14.9 Å². The van der Waals surface area contributed by atoms with Gasteiger partial charge in [0, 0.05) is 22.8 Å². The molecule has 2 aromatic carbocycles. The van der Waals surface area contributed by atoms with Crippen LogP contribution in [0.2, 0.25) is 0 Å². The highest BCUT2D eigenvalue weighted by molar-refractivity contribution is 5.93. The molecule has 1 N–H and O–H groups in total. The molecule has 4 rings (SSSR count). The second kappa shape index (κ2) is 7.60. The number of ether oxygens (including phenoxy) is 2. The minimum atomic E-state index is 0.0678. The molecular formula is C22H22N4O2. The minimum Gasteiger partial charge on any atom is -0.493 e. The summed E-state index contributed by atoms with van der Waals surface area (Å²) in [5.74, 6) is 2.05. The summed E-state index contributed by atoms with van der Waals surface area (Å²) in [7, 11) is 1.63. The van der Waals surface area contributed by atoms with Crippen LogP contribution in [-0.2, 0) is 0 Å². The van der Waals surface area contributed by atoms with Gasteiger partial charge < -0.3 is 19.7 Å². The predicted octanol–water partition coefficient (Wildman–Crippen LogP) is 4.14. The Labute approximate surface area is 164 Å². The van der Waals surface area contributed by atoms with Crippen molar-refractivity contribution in [2.45, 2.75) is 6.10 Å². The van der Waals surface area contributed by atoms with Gasteiger partial charge in [0.1, 0.15) is 18.2 Å². The molecule has 142 valence electrons. The molecule has 0 aliphatic carbocycles. The van der Waals surface area contributed by atoms with Crippen molar-refractivity contribution in [3.63, 3.8) is 0 Å². The highest BCUT2D eigenvalue weighted by Gasteiger charge is 2.29. The van der Waals surface area contributed by atoms with Gasteiger partial charge in [-0.1, -0.05) is 31.4 Å². The highest BCUT2D eigenvalue weighted by Crippen LogP contribution is 2.36. The Morgan fingerprint density at radius 2 is 1.96 bits per heavy atom. The molecule has 0 radical (unpaired) electrons. The van der Waals surface area contributed by atoms with Gasteiger partial charge in [-0.15, -0.1) is 0 Å². The van der Waals surface area contributed by atoms with Gasteiger partial charge in [0.2, 0.25) is 0 Å². The molecule has 1 fully saturated rings. The first-order chi connectivity index (χ1) is 13.7. The lowest BCUT2D eigenvalue weighted by Crippen LogP contribution is -2.52.